The summed E-state index contributed by atoms with van der Waals surface area (Å²) >= 11 is 0. The summed E-state index contributed by atoms with van der Waals surface area (Å²) in [6, 6.07) is 15.4. The largest absolute Gasteiger partial charge is 0.467 e. The molecule has 0 saturated heterocycles. The van der Waals surface area contributed by atoms with Gasteiger partial charge in [-0.3, -0.25) is 14.4 Å². The maximum atomic E-state index is 13.5. The second-order valence-electron chi connectivity index (χ2n) is 9.15. The van der Waals surface area contributed by atoms with E-state index in [2.05, 4.69) is 29.5 Å². The number of nitrogens with one attached hydrogen (secondary N) is 2. The summed E-state index contributed by atoms with van der Waals surface area (Å²) in [7, 11) is 0. The Bertz CT molecular complexity index is 1110. The van der Waals surface area contributed by atoms with Crippen LogP contribution in [0.5, 0.6) is 0 Å². The van der Waals surface area contributed by atoms with Gasteiger partial charge in [0.1, 0.15) is 17.6 Å². The van der Waals surface area contributed by atoms with E-state index in [1.54, 1.807) is 36.5 Å². The number of anilines is 1. The van der Waals surface area contributed by atoms with Crippen molar-refractivity contribution in [3.05, 3.63) is 83.9 Å². The van der Waals surface area contributed by atoms with Crippen LogP contribution in [-0.4, -0.2) is 34.2 Å². The minimum absolute atomic E-state index is 0.0420. The number of furan rings is 1. The molecule has 0 aliphatic carbocycles. The first kappa shape index (κ1) is 26.7. The Labute approximate surface area is 212 Å². The summed E-state index contributed by atoms with van der Waals surface area (Å²) in [6.07, 6.45) is 3.82. The lowest BCUT2D eigenvalue weighted by molar-refractivity contribution is -0.142. The first-order valence-corrected chi connectivity index (χ1v) is 12.2. The van der Waals surface area contributed by atoms with Crippen molar-refractivity contribution in [2.75, 3.05) is 11.9 Å². The predicted octanol–water partition coefficient (Wildman–Crippen LogP) is 4.63. The van der Waals surface area contributed by atoms with Crippen molar-refractivity contribution in [1.29, 1.82) is 0 Å². The molecule has 2 aromatic heterocycles. The predicted molar refractivity (Wildman–Crippen MR) is 138 cm³/mol. The summed E-state index contributed by atoms with van der Waals surface area (Å²) in [5, 5.41) is 5.68. The van der Waals surface area contributed by atoms with E-state index in [9.17, 15) is 14.4 Å². The average Bonchev–Trinajstić information content (AvgIpc) is 3.37. The molecule has 0 saturated carbocycles. The summed E-state index contributed by atoms with van der Waals surface area (Å²) in [5.41, 5.74) is 1.74. The minimum atomic E-state index is -0.866. The van der Waals surface area contributed by atoms with Gasteiger partial charge >= 0.3 is 0 Å². The number of aryl methyl sites for hydroxylation is 1. The van der Waals surface area contributed by atoms with E-state index < -0.39 is 6.04 Å². The fraction of sp³-hybridized carbons (Fsp3) is 0.357. The molecule has 0 spiro atoms. The van der Waals surface area contributed by atoms with Crippen LogP contribution in [0.25, 0.3) is 0 Å². The smallest absolute Gasteiger partial charge is 0.247 e. The van der Waals surface area contributed by atoms with Gasteiger partial charge < -0.3 is 20.0 Å². The number of rotatable bonds is 12. The number of hydrogen-bond donors (Lipinski definition) is 2. The summed E-state index contributed by atoms with van der Waals surface area (Å²) in [4.78, 5) is 45.0. The zero-order chi connectivity index (χ0) is 25.9. The van der Waals surface area contributed by atoms with E-state index in [0.29, 0.717) is 29.6 Å². The highest BCUT2D eigenvalue weighted by atomic mass is 16.3. The molecule has 1 atom stereocenters. The molecule has 0 aliphatic heterocycles. The fourth-order valence-electron chi connectivity index (χ4n) is 3.70. The van der Waals surface area contributed by atoms with Crippen LogP contribution in [-0.2, 0) is 20.9 Å². The van der Waals surface area contributed by atoms with Crippen molar-refractivity contribution in [2.45, 2.75) is 52.6 Å². The first-order valence-electron chi connectivity index (χ1n) is 12.2. The molecule has 0 bridgehead atoms. The zero-order valence-corrected chi connectivity index (χ0v) is 21.1. The number of benzene rings is 1. The topological polar surface area (TPSA) is 105 Å². The van der Waals surface area contributed by atoms with Crippen molar-refractivity contribution >= 4 is 23.5 Å². The van der Waals surface area contributed by atoms with E-state index in [4.69, 9.17) is 4.42 Å². The molecule has 36 heavy (non-hydrogen) atoms. The van der Waals surface area contributed by atoms with Crippen molar-refractivity contribution in [1.82, 2.24) is 15.2 Å². The quantitative estimate of drug-likeness (QED) is 0.385. The van der Waals surface area contributed by atoms with E-state index in [-0.39, 0.29) is 37.1 Å². The molecule has 3 rings (SSSR count). The Kier molecular flexibility index (Phi) is 9.80. The lowest BCUT2D eigenvalue weighted by Gasteiger charge is -2.31. The molecule has 0 unspecified atom stereocenters. The third-order valence-corrected chi connectivity index (χ3v) is 5.70. The molecule has 2 N–H and O–H groups in total. The summed E-state index contributed by atoms with van der Waals surface area (Å²) in [5.74, 6) is 0.484. The van der Waals surface area contributed by atoms with Gasteiger partial charge in [0.05, 0.1) is 12.8 Å². The SMILES string of the molecule is Cc1ccc([C@H](C(=O)NCCC(C)C)N(Cc2ccco2)C(=O)CCC(=O)Nc2ccccn2)cc1. The normalized spacial score (nSPS) is 11.7. The maximum Gasteiger partial charge on any atom is 0.247 e. The van der Waals surface area contributed by atoms with Gasteiger partial charge in [-0.25, -0.2) is 4.98 Å². The highest BCUT2D eigenvalue weighted by Crippen LogP contribution is 2.26. The first-order chi connectivity index (χ1) is 17.3. The number of carbonyl (C=O) groups is 3. The molecule has 3 aromatic rings. The van der Waals surface area contributed by atoms with E-state index in [1.165, 1.54) is 11.2 Å². The number of hydrogen-bond acceptors (Lipinski definition) is 5. The van der Waals surface area contributed by atoms with Crippen LogP contribution in [0, 0.1) is 12.8 Å². The van der Waals surface area contributed by atoms with Crippen molar-refractivity contribution in [3.63, 3.8) is 0 Å². The highest BCUT2D eigenvalue weighted by Gasteiger charge is 2.32. The third-order valence-electron chi connectivity index (χ3n) is 5.70. The monoisotopic (exact) mass is 490 g/mol. The standard InChI is InChI=1S/C28H34N4O4/c1-20(2)15-17-30-28(35)27(22-11-9-21(3)10-12-22)32(19-23-7-6-18-36-23)26(34)14-13-25(33)31-24-8-4-5-16-29-24/h4-12,16,18,20,27H,13-15,17,19H2,1-3H3,(H,30,35)(H,29,31,33)/t27-/m1/s1. The molecule has 8 heteroatoms. The summed E-state index contributed by atoms with van der Waals surface area (Å²) < 4.78 is 5.50. The number of pyridine rings is 1. The summed E-state index contributed by atoms with van der Waals surface area (Å²) in [6.45, 7) is 6.75. The van der Waals surface area contributed by atoms with Gasteiger partial charge in [-0.1, -0.05) is 49.7 Å². The molecule has 190 valence electrons. The van der Waals surface area contributed by atoms with Crippen LogP contribution in [0.4, 0.5) is 5.82 Å². The minimum Gasteiger partial charge on any atom is -0.467 e. The Morgan fingerprint density at radius 1 is 1.00 bits per heavy atom. The molecule has 3 amide bonds. The molecule has 0 radical (unpaired) electrons. The lowest BCUT2D eigenvalue weighted by atomic mass is 10.0. The van der Waals surface area contributed by atoms with Crippen molar-refractivity contribution in [2.24, 2.45) is 5.92 Å². The highest BCUT2D eigenvalue weighted by molar-refractivity contribution is 5.94. The van der Waals surface area contributed by atoms with Crippen LogP contribution in [0.15, 0.2) is 71.5 Å². The molecule has 8 nitrogen and oxygen atoms in total. The van der Waals surface area contributed by atoms with E-state index in [1.807, 2.05) is 31.2 Å². The van der Waals surface area contributed by atoms with E-state index in [0.717, 1.165) is 12.0 Å². The van der Waals surface area contributed by atoms with Crippen LogP contribution in [0.3, 0.4) is 0 Å². The molecular formula is C28H34N4O4. The fourth-order valence-corrected chi connectivity index (χ4v) is 3.70. The molecular weight excluding hydrogens is 456 g/mol. The van der Waals surface area contributed by atoms with Crippen LogP contribution in [0.2, 0.25) is 0 Å². The number of nitrogens with zero attached hydrogens (tertiary/aromatic N) is 2. The lowest BCUT2D eigenvalue weighted by Crippen LogP contribution is -2.44. The third kappa shape index (κ3) is 8.08. The molecule has 0 aliphatic rings. The van der Waals surface area contributed by atoms with Crippen molar-refractivity contribution in [3.8, 4) is 0 Å². The van der Waals surface area contributed by atoms with Crippen LogP contribution in [0.1, 0.15) is 56.0 Å². The van der Waals surface area contributed by atoms with Crippen LogP contribution >= 0.6 is 0 Å². The van der Waals surface area contributed by atoms with Crippen molar-refractivity contribution < 1.29 is 18.8 Å². The molecule has 2 heterocycles. The van der Waals surface area contributed by atoms with Gasteiger partial charge in [0.15, 0.2) is 0 Å². The number of aromatic nitrogens is 1. The van der Waals surface area contributed by atoms with Gasteiger partial charge in [0.2, 0.25) is 17.7 Å². The maximum absolute atomic E-state index is 13.5. The van der Waals surface area contributed by atoms with Gasteiger partial charge in [-0.15, -0.1) is 0 Å². The van der Waals surface area contributed by atoms with Gasteiger partial charge in [-0.2, -0.15) is 0 Å². The Hall–Kier alpha value is -3.94. The Morgan fingerprint density at radius 2 is 1.78 bits per heavy atom. The number of amides is 3. The number of carbonyl (C=O) groups excluding carboxylic acids is 3. The second-order valence-corrected chi connectivity index (χ2v) is 9.15. The Balaban J connectivity index is 1.81. The van der Waals surface area contributed by atoms with E-state index >= 15 is 0 Å². The van der Waals surface area contributed by atoms with Crippen LogP contribution < -0.4 is 10.6 Å². The van der Waals surface area contributed by atoms with Gasteiger partial charge in [-0.05, 0) is 49.1 Å². The van der Waals surface area contributed by atoms with Gasteiger partial charge in [0, 0.05) is 25.6 Å². The zero-order valence-electron chi connectivity index (χ0n) is 21.1. The molecule has 0 fully saturated rings. The molecule has 1 aromatic carbocycles. The second kappa shape index (κ2) is 13.2. The Morgan fingerprint density at radius 3 is 2.42 bits per heavy atom. The van der Waals surface area contributed by atoms with Gasteiger partial charge in [0.25, 0.3) is 0 Å². The average molecular weight is 491 g/mol.